The van der Waals surface area contributed by atoms with Crippen LogP contribution in [0.4, 0.5) is 0 Å². The van der Waals surface area contributed by atoms with Crippen LogP contribution in [0.5, 0.6) is 0 Å². The van der Waals surface area contributed by atoms with Gasteiger partial charge < -0.3 is 4.98 Å². The van der Waals surface area contributed by atoms with E-state index in [0.29, 0.717) is 0 Å². The molecule has 1 aromatic heterocycles. The second-order valence-electron chi connectivity index (χ2n) is 4.42. The third kappa shape index (κ3) is 3.06. The molecule has 0 aliphatic rings. The fourth-order valence-electron chi connectivity index (χ4n) is 1.93. The summed E-state index contributed by atoms with van der Waals surface area (Å²) in [4.78, 5) is 7.74. The van der Waals surface area contributed by atoms with Crippen LogP contribution >= 0.6 is 15.9 Å². The molecule has 0 saturated heterocycles. The van der Waals surface area contributed by atoms with E-state index in [2.05, 4.69) is 50.2 Å². The molecule has 2 nitrogen and oxygen atoms in total. The number of nitrogens with one attached hydrogen (secondary N) is 1. The zero-order valence-corrected chi connectivity index (χ0v) is 12.3. The van der Waals surface area contributed by atoms with Gasteiger partial charge in [0.05, 0.1) is 5.69 Å². The average Bonchev–Trinajstić information content (AvgIpc) is 2.97. The molecule has 0 atom stereocenters. The Morgan fingerprint density at radius 3 is 2.40 bits per heavy atom. The highest BCUT2D eigenvalue weighted by molar-refractivity contribution is 9.10. The molecule has 0 radical (unpaired) electrons. The van der Waals surface area contributed by atoms with Gasteiger partial charge in [-0.2, -0.15) is 0 Å². The first-order valence-electron chi connectivity index (χ1n) is 6.36. The second-order valence-corrected chi connectivity index (χ2v) is 5.34. The van der Waals surface area contributed by atoms with Crippen LogP contribution in [0.2, 0.25) is 0 Å². The number of imidazole rings is 1. The lowest BCUT2D eigenvalue weighted by Crippen LogP contribution is -1.78. The summed E-state index contributed by atoms with van der Waals surface area (Å²) in [5, 5.41) is 0. The number of benzene rings is 2. The van der Waals surface area contributed by atoms with E-state index >= 15 is 0 Å². The molecule has 1 N–H and O–H groups in total. The molecule has 0 saturated carbocycles. The van der Waals surface area contributed by atoms with Crippen molar-refractivity contribution in [2.24, 2.45) is 0 Å². The molecule has 3 aromatic rings. The number of rotatable bonds is 3. The first-order chi connectivity index (χ1) is 9.81. The molecule has 0 fully saturated rings. The number of aromatic amines is 1. The zero-order chi connectivity index (χ0) is 13.8. The predicted octanol–water partition coefficient (Wildman–Crippen LogP) is 5.01. The third-order valence-electron chi connectivity index (χ3n) is 2.97. The van der Waals surface area contributed by atoms with E-state index in [1.54, 1.807) is 0 Å². The predicted molar refractivity (Wildman–Crippen MR) is 87.1 cm³/mol. The van der Waals surface area contributed by atoms with Crippen molar-refractivity contribution in [3.63, 3.8) is 0 Å². The quantitative estimate of drug-likeness (QED) is 0.720. The summed E-state index contributed by atoms with van der Waals surface area (Å²) >= 11 is 3.43. The van der Waals surface area contributed by atoms with Crippen molar-refractivity contribution in [1.29, 1.82) is 0 Å². The first-order valence-corrected chi connectivity index (χ1v) is 7.15. The number of halogens is 1. The second kappa shape index (κ2) is 5.88. The highest BCUT2D eigenvalue weighted by atomic mass is 79.9. The van der Waals surface area contributed by atoms with Gasteiger partial charge in [-0.1, -0.05) is 64.5 Å². The Balaban J connectivity index is 1.79. The lowest BCUT2D eigenvalue weighted by molar-refractivity contribution is 1.27. The Kier molecular flexibility index (Phi) is 3.79. The summed E-state index contributed by atoms with van der Waals surface area (Å²) in [6.45, 7) is 0. The lowest BCUT2D eigenvalue weighted by Gasteiger charge is -1.94. The van der Waals surface area contributed by atoms with Gasteiger partial charge in [-0.3, -0.25) is 0 Å². The van der Waals surface area contributed by atoms with E-state index in [0.717, 1.165) is 27.1 Å². The summed E-state index contributed by atoms with van der Waals surface area (Å²) in [6, 6.07) is 18.3. The Bertz CT molecular complexity index is 712. The van der Waals surface area contributed by atoms with E-state index < -0.39 is 0 Å². The molecule has 0 spiro atoms. The molecular weight excluding hydrogens is 312 g/mol. The summed E-state index contributed by atoms with van der Waals surface area (Å²) in [6.07, 6.45) is 5.95. The van der Waals surface area contributed by atoms with Gasteiger partial charge in [-0.15, -0.1) is 0 Å². The zero-order valence-electron chi connectivity index (χ0n) is 10.8. The Morgan fingerprint density at radius 1 is 0.900 bits per heavy atom. The molecular formula is C17H13BrN2. The fourth-order valence-corrected chi connectivity index (χ4v) is 2.19. The third-order valence-corrected chi connectivity index (χ3v) is 3.50. The van der Waals surface area contributed by atoms with Crippen LogP contribution < -0.4 is 0 Å². The van der Waals surface area contributed by atoms with Crippen LogP contribution in [0.15, 0.2) is 65.3 Å². The number of hydrogen-bond donors (Lipinski definition) is 1. The normalized spacial score (nSPS) is 11.1. The highest BCUT2D eigenvalue weighted by Crippen LogP contribution is 2.17. The summed E-state index contributed by atoms with van der Waals surface area (Å²) in [5.41, 5.74) is 3.22. The minimum atomic E-state index is 0.853. The van der Waals surface area contributed by atoms with Crippen molar-refractivity contribution < 1.29 is 0 Å². The van der Waals surface area contributed by atoms with E-state index in [9.17, 15) is 0 Å². The molecule has 0 bridgehead atoms. The molecule has 1 heterocycles. The van der Waals surface area contributed by atoms with Gasteiger partial charge >= 0.3 is 0 Å². The van der Waals surface area contributed by atoms with Gasteiger partial charge in [-0.25, -0.2) is 4.98 Å². The highest BCUT2D eigenvalue weighted by Gasteiger charge is 2.00. The molecule has 2 aromatic carbocycles. The van der Waals surface area contributed by atoms with E-state index in [4.69, 9.17) is 0 Å². The topological polar surface area (TPSA) is 28.7 Å². The SMILES string of the molecule is Brc1ccc(C=Cc2nc(-c3ccccc3)c[nH]2)cc1. The number of nitrogens with zero attached hydrogens (tertiary/aromatic N) is 1. The molecule has 3 rings (SSSR count). The van der Waals surface area contributed by atoms with Crippen molar-refractivity contribution >= 4 is 28.1 Å². The maximum Gasteiger partial charge on any atom is 0.130 e. The maximum absolute atomic E-state index is 4.56. The van der Waals surface area contributed by atoms with Gasteiger partial charge in [0.15, 0.2) is 0 Å². The minimum absolute atomic E-state index is 0.853. The molecule has 3 heteroatoms. The van der Waals surface area contributed by atoms with Crippen molar-refractivity contribution in [2.45, 2.75) is 0 Å². The number of hydrogen-bond acceptors (Lipinski definition) is 1. The first kappa shape index (κ1) is 12.9. The standard InChI is InChI=1S/C17H13BrN2/c18-15-9-6-13(7-10-15)8-11-17-19-12-16(20-17)14-4-2-1-3-5-14/h1-12H,(H,19,20). The number of H-pyrrole nitrogens is 1. The largest absolute Gasteiger partial charge is 0.344 e. The van der Waals surface area contributed by atoms with Crippen molar-refractivity contribution in [3.8, 4) is 11.3 Å². The lowest BCUT2D eigenvalue weighted by atomic mass is 10.2. The van der Waals surface area contributed by atoms with Crippen molar-refractivity contribution in [3.05, 3.63) is 76.7 Å². The van der Waals surface area contributed by atoms with Gasteiger partial charge in [0.1, 0.15) is 5.82 Å². The van der Waals surface area contributed by atoms with E-state index in [1.807, 2.05) is 48.7 Å². The van der Waals surface area contributed by atoms with Crippen molar-refractivity contribution in [1.82, 2.24) is 9.97 Å². The summed E-state index contributed by atoms with van der Waals surface area (Å²) in [5.74, 6) is 0.853. The van der Waals surface area contributed by atoms with Crippen LogP contribution in [0.1, 0.15) is 11.4 Å². The van der Waals surface area contributed by atoms with Gasteiger partial charge in [0, 0.05) is 16.2 Å². The molecule has 0 aliphatic heterocycles. The molecule has 0 aliphatic carbocycles. The Morgan fingerprint density at radius 2 is 1.65 bits per heavy atom. The summed E-state index contributed by atoms with van der Waals surface area (Å²) < 4.78 is 1.08. The van der Waals surface area contributed by atoms with Gasteiger partial charge in [0.2, 0.25) is 0 Å². The monoisotopic (exact) mass is 324 g/mol. The fraction of sp³-hybridized carbons (Fsp3) is 0. The van der Waals surface area contributed by atoms with Crippen LogP contribution in [0.25, 0.3) is 23.4 Å². The Hall–Kier alpha value is -2.13. The van der Waals surface area contributed by atoms with Crippen LogP contribution in [0.3, 0.4) is 0 Å². The molecule has 0 amide bonds. The van der Waals surface area contributed by atoms with E-state index in [1.165, 1.54) is 0 Å². The number of aromatic nitrogens is 2. The van der Waals surface area contributed by atoms with Gasteiger partial charge in [-0.05, 0) is 23.8 Å². The van der Waals surface area contributed by atoms with Crippen LogP contribution in [-0.4, -0.2) is 9.97 Å². The maximum atomic E-state index is 4.56. The van der Waals surface area contributed by atoms with Gasteiger partial charge in [0.25, 0.3) is 0 Å². The summed E-state index contributed by atoms with van der Waals surface area (Å²) in [7, 11) is 0. The Labute approximate surface area is 126 Å². The minimum Gasteiger partial charge on any atom is -0.344 e. The molecule has 98 valence electrons. The van der Waals surface area contributed by atoms with Crippen molar-refractivity contribution in [2.75, 3.05) is 0 Å². The molecule has 20 heavy (non-hydrogen) atoms. The van der Waals surface area contributed by atoms with E-state index in [-0.39, 0.29) is 0 Å². The van der Waals surface area contributed by atoms with Crippen LogP contribution in [-0.2, 0) is 0 Å². The smallest absolute Gasteiger partial charge is 0.130 e. The van der Waals surface area contributed by atoms with Crippen LogP contribution in [0, 0.1) is 0 Å². The average molecular weight is 325 g/mol. The molecule has 0 unspecified atom stereocenters.